The third-order valence-corrected chi connectivity index (χ3v) is 2.72. The summed E-state index contributed by atoms with van der Waals surface area (Å²) in [6.45, 7) is 8.94. The van der Waals surface area contributed by atoms with E-state index in [4.69, 9.17) is 0 Å². The maximum absolute atomic E-state index is 2.24. The summed E-state index contributed by atoms with van der Waals surface area (Å²) < 4.78 is 0. The van der Waals surface area contributed by atoms with E-state index in [2.05, 4.69) is 76.2 Å². The molecule has 2 aromatic rings. The molecule has 0 saturated carbocycles. The van der Waals surface area contributed by atoms with Crippen LogP contribution < -0.4 is 0 Å². The molecule has 0 amide bonds. The normalized spacial score (nSPS) is 10.8. The highest BCUT2D eigenvalue weighted by molar-refractivity contribution is 5.81. The molecule has 0 heterocycles. The van der Waals surface area contributed by atoms with Crippen molar-refractivity contribution >= 4 is 10.8 Å². The average molecular weight is 214 g/mol. The van der Waals surface area contributed by atoms with Gasteiger partial charge in [-0.3, -0.25) is 0 Å². The molecule has 0 atom stereocenters. The van der Waals surface area contributed by atoms with Crippen LogP contribution in [0.3, 0.4) is 0 Å². The predicted octanol–water partition coefficient (Wildman–Crippen LogP) is 5.28. The lowest BCUT2D eigenvalue weighted by molar-refractivity contribution is 0.398. The molecule has 0 aliphatic heterocycles. The van der Waals surface area contributed by atoms with Gasteiger partial charge in [-0.2, -0.15) is 0 Å². The van der Waals surface area contributed by atoms with Gasteiger partial charge >= 0.3 is 0 Å². The molecule has 0 unspecified atom stereocenters. The summed E-state index contributed by atoms with van der Waals surface area (Å²) in [6.07, 6.45) is 1.27. The molecule has 0 aliphatic carbocycles. The largest absolute Gasteiger partial charge is 0.0649 e. The Hall–Kier alpha value is -1.30. The molecule has 0 bridgehead atoms. The van der Waals surface area contributed by atoms with E-state index in [1.54, 1.807) is 0 Å². The van der Waals surface area contributed by atoms with Gasteiger partial charge in [-0.05, 0) is 16.2 Å². The third kappa shape index (κ3) is 4.48. The van der Waals surface area contributed by atoms with Crippen LogP contribution in [0.25, 0.3) is 10.8 Å². The van der Waals surface area contributed by atoms with Gasteiger partial charge < -0.3 is 0 Å². The Morgan fingerprint density at radius 2 is 1.00 bits per heavy atom. The zero-order valence-corrected chi connectivity index (χ0v) is 10.8. The minimum Gasteiger partial charge on any atom is -0.0649 e. The minimum atomic E-state index is 0.542. The maximum atomic E-state index is 2.24. The molecule has 2 aromatic carbocycles. The fourth-order valence-corrected chi connectivity index (χ4v) is 1.13. The van der Waals surface area contributed by atoms with Crippen molar-refractivity contribution in [1.29, 1.82) is 0 Å². The van der Waals surface area contributed by atoms with E-state index in [0.29, 0.717) is 5.41 Å². The molecule has 86 valence electrons. The molecule has 0 heteroatoms. The summed E-state index contributed by atoms with van der Waals surface area (Å²) in [5, 5.41) is 2.62. The van der Waals surface area contributed by atoms with E-state index in [9.17, 15) is 0 Å². The number of fused-ring (bicyclic) bond motifs is 1. The lowest BCUT2D eigenvalue weighted by atomic mass is 9.94. The minimum absolute atomic E-state index is 0.542. The summed E-state index contributed by atoms with van der Waals surface area (Å²) in [5.74, 6) is 0. The van der Waals surface area contributed by atoms with Crippen LogP contribution in [0.1, 0.15) is 34.1 Å². The second-order valence-electron chi connectivity index (χ2n) is 5.26. The lowest BCUT2D eigenvalue weighted by Gasteiger charge is -2.12. The molecule has 2 rings (SSSR count). The first-order valence-corrected chi connectivity index (χ1v) is 5.97. The van der Waals surface area contributed by atoms with Gasteiger partial charge in [0.15, 0.2) is 0 Å². The molecule has 0 aliphatic rings. The van der Waals surface area contributed by atoms with E-state index >= 15 is 0 Å². The summed E-state index contributed by atoms with van der Waals surface area (Å²) >= 11 is 0. The topological polar surface area (TPSA) is 0 Å². The Balaban J connectivity index is 0.000000187. The predicted molar refractivity (Wildman–Crippen MR) is 73.7 cm³/mol. The Morgan fingerprint density at radius 1 is 0.750 bits per heavy atom. The fraction of sp³-hybridized carbons (Fsp3) is 0.375. The van der Waals surface area contributed by atoms with Crippen molar-refractivity contribution in [2.45, 2.75) is 34.1 Å². The zero-order chi connectivity index (χ0) is 12.0. The van der Waals surface area contributed by atoms with Crippen LogP contribution in [0.2, 0.25) is 0 Å². The van der Waals surface area contributed by atoms with E-state index in [0.717, 1.165) is 0 Å². The van der Waals surface area contributed by atoms with E-state index < -0.39 is 0 Å². The number of hydrogen-bond acceptors (Lipinski definition) is 0. The van der Waals surface area contributed by atoms with Crippen LogP contribution >= 0.6 is 0 Å². The number of hydrogen-bond donors (Lipinski definition) is 0. The van der Waals surface area contributed by atoms with Crippen molar-refractivity contribution in [2.75, 3.05) is 0 Å². The van der Waals surface area contributed by atoms with Crippen molar-refractivity contribution in [2.24, 2.45) is 5.41 Å². The van der Waals surface area contributed by atoms with Gasteiger partial charge in [-0.25, -0.2) is 0 Å². The molecule has 0 N–H and O–H groups in total. The van der Waals surface area contributed by atoms with Crippen LogP contribution in [0.5, 0.6) is 0 Å². The van der Waals surface area contributed by atoms with E-state index in [1.165, 1.54) is 17.2 Å². The first kappa shape index (κ1) is 12.8. The number of rotatable bonds is 0. The first-order chi connectivity index (χ1) is 7.53. The molecule has 0 spiro atoms. The van der Waals surface area contributed by atoms with Gasteiger partial charge in [0.05, 0.1) is 0 Å². The van der Waals surface area contributed by atoms with Crippen LogP contribution in [-0.4, -0.2) is 0 Å². The molecular formula is C16H22. The van der Waals surface area contributed by atoms with Crippen LogP contribution in [0.4, 0.5) is 0 Å². The second kappa shape index (κ2) is 5.69. The smallest absolute Gasteiger partial charge is 0.0184 e. The Kier molecular flexibility index (Phi) is 4.54. The molecule has 0 fully saturated rings. The van der Waals surface area contributed by atoms with Gasteiger partial charge in [0, 0.05) is 0 Å². The van der Waals surface area contributed by atoms with Gasteiger partial charge in [0.2, 0.25) is 0 Å². The maximum Gasteiger partial charge on any atom is -0.0184 e. The Morgan fingerprint density at radius 3 is 1.19 bits per heavy atom. The third-order valence-electron chi connectivity index (χ3n) is 2.72. The molecule has 0 radical (unpaired) electrons. The van der Waals surface area contributed by atoms with Crippen LogP contribution in [0, 0.1) is 5.41 Å². The van der Waals surface area contributed by atoms with Crippen molar-refractivity contribution in [3.63, 3.8) is 0 Å². The highest BCUT2D eigenvalue weighted by atomic mass is 14.1. The van der Waals surface area contributed by atoms with Gasteiger partial charge in [0.1, 0.15) is 0 Å². The van der Waals surface area contributed by atoms with Crippen LogP contribution in [0.15, 0.2) is 48.5 Å². The van der Waals surface area contributed by atoms with E-state index in [-0.39, 0.29) is 0 Å². The molecule has 16 heavy (non-hydrogen) atoms. The monoisotopic (exact) mass is 214 g/mol. The summed E-state index contributed by atoms with van der Waals surface area (Å²) in [7, 11) is 0. The lowest BCUT2D eigenvalue weighted by Crippen LogP contribution is -2.00. The standard InChI is InChI=1S/C10H8.C6H14/c1-2-6-10-8-4-3-7-9(10)5-1;1-5-6(2,3)4/h1-8H;5H2,1-4H3. The number of benzene rings is 2. The van der Waals surface area contributed by atoms with Gasteiger partial charge in [-0.1, -0.05) is 82.6 Å². The van der Waals surface area contributed by atoms with E-state index in [1.807, 2.05) is 0 Å². The highest BCUT2D eigenvalue weighted by Crippen LogP contribution is 2.16. The second-order valence-corrected chi connectivity index (χ2v) is 5.26. The molecule has 0 saturated heterocycles. The Bertz CT molecular complexity index is 356. The molecular weight excluding hydrogens is 192 g/mol. The summed E-state index contributed by atoms with van der Waals surface area (Å²) in [5.41, 5.74) is 0.542. The van der Waals surface area contributed by atoms with Crippen molar-refractivity contribution < 1.29 is 0 Å². The summed E-state index contributed by atoms with van der Waals surface area (Å²) in [4.78, 5) is 0. The Labute approximate surface area is 99.3 Å². The quantitative estimate of drug-likeness (QED) is 0.559. The highest BCUT2D eigenvalue weighted by Gasteiger charge is 2.03. The van der Waals surface area contributed by atoms with Crippen molar-refractivity contribution in [3.05, 3.63) is 48.5 Å². The molecule has 0 aromatic heterocycles. The SMILES string of the molecule is CCC(C)(C)C.c1ccc2ccccc2c1. The van der Waals surface area contributed by atoms with Crippen molar-refractivity contribution in [1.82, 2.24) is 0 Å². The summed E-state index contributed by atoms with van der Waals surface area (Å²) in [6, 6.07) is 16.7. The fourth-order valence-electron chi connectivity index (χ4n) is 1.13. The van der Waals surface area contributed by atoms with Gasteiger partial charge in [-0.15, -0.1) is 0 Å². The zero-order valence-electron chi connectivity index (χ0n) is 10.8. The van der Waals surface area contributed by atoms with Crippen LogP contribution in [-0.2, 0) is 0 Å². The van der Waals surface area contributed by atoms with Gasteiger partial charge in [0.25, 0.3) is 0 Å². The molecule has 0 nitrogen and oxygen atoms in total. The average Bonchev–Trinajstić information content (AvgIpc) is 2.29. The first-order valence-electron chi connectivity index (χ1n) is 5.97. The van der Waals surface area contributed by atoms with Crippen molar-refractivity contribution in [3.8, 4) is 0 Å².